The van der Waals surface area contributed by atoms with E-state index in [0.29, 0.717) is 6.42 Å². The maximum absolute atomic E-state index is 8.73. The van der Waals surface area contributed by atoms with Gasteiger partial charge in [-0.15, -0.1) is 0 Å². The standard InChI is InChI=1S/C13H12BrNO2/c14-10-5-9(1-4-15)6-11-12(10)17-8-13(2-3-13)7-16-11/h5-6H,1-3,7-8H2. The summed E-state index contributed by atoms with van der Waals surface area (Å²) in [5.41, 5.74) is 1.20. The molecule has 3 nitrogen and oxygen atoms in total. The van der Waals surface area contributed by atoms with Crippen LogP contribution in [0.2, 0.25) is 0 Å². The molecule has 0 radical (unpaired) electrons. The van der Waals surface area contributed by atoms with E-state index in [1.165, 1.54) is 12.8 Å². The van der Waals surface area contributed by atoms with Crippen molar-refractivity contribution in [2.45, 2.75) is 19.3 Å². The van der Waals surface area contributed by atoms with Crippen LogP contribution in [0.4, 0.5) is 0 Å². The Morgan fingerprint density at radius 3 is 2.76 bits per heavy atom. The Kier molecular flexibility index (Phi) is 2.52. The monoisotopic (exact) mass is 293 g/mol. The van der Waals surface area contributed by atoms with Crippen LogP contribution in [0.25, 0.3) is 0 Å². The fraction of sp³-hybridized carbons (Fsp3) is 0.462. The molecule has 0 amide bonds. The third kappa shape index (κ3) is 2.00. The van der Waals surface area contributed by atoms with Gasteiger partial charge < -0.3 is 9.47 Å². The third-order valence-corrected chi connectivity index (χ3v) is 3.96. The molecular weight excluding hydrogens is 282 g/mol. The second-order valence-electron chi connectivity index (χ2n) is 4.82. The zero-order valence-electron chi connectivity index (χ0n) is 9.33. The van der Waals surface area contributed by atoms with Crippen LogP contribution in [0.1, 0.15) is 18.4 Å². The summed E-state index contributed by atoms with van der Waals surface area (Å²) in [5, 5.41) is 8.73. The van der Waals surface area contributed by atoms with Crippen molar-refractivity contribution < 1.29 is 9.47 Å². The molecule has 88 valence electrons. The number of nitrogens with zero attached hydrogens (tertiary/aromatic N) is 1. The highest BCUT2D eigenvalue weighted by Gasteiger charge is 2.46. The number of hydrogen-bond acceptors (Lipinski definition) is 3. The summed E-state index contributed by atoms with van der Waals surface area (Å²) in [6, 6.07) is 5.98. The second kappa shape index (κ2) is 3.92. The van der Waals surface area contributed by atoms with Crippen LogP contribution in [-0.2, 0) is 6.42 Å². The molecule has 1 spiro atoms. The van der Waals surface area contributed by atoms with Crippen LogP contribution in [0, 0.1) is 16.7 Å². The van der Waals surface area contributed by atoms with Crippen LogP contribution < -0.4 is 9.47 Å². The van der Waals surface area contributed by atoms with E-state index in [9.17, 15) is 0 Å². The lowest BCUT2D eigenvalue weighted by atomic mass is 10.1. The van der Waals surface area contributed by atoms with Crippen LogP contribution >= 0.6 is 15.9 Å². The number of halogens is 1. The van der Waals surface area contributed by atoms with E-state index in [1.807, 2.05) is 12.1 Å². The molecule has 3 rings (SSSR count). The zero-order chi connectivity index (χ0) is 11.9. The quantitative estimate of drug-likeness (QED) is 0.799. The largest absolute Gasteiger partial charge is 0.489 e. The first kappa shape index (κ1) is 10.9. The molecule has 1 aliphatic carbocycles. The Labute approximate surface area is 108 Å². The number of rotatable bonds is 1. The molecule has 0 saturated heterocycles. The highest BCUT2D eigenvalue weighted by molar-refractivity contribution is 9.10. The Morgan fingerprint density at radius 1 is 1.29 bits per heavy atom. The molecule has 0 atom stereocenters. The van der Waals surface area contributed by atoms with Gasteiger partial charge in [-0.05, 0) is 46.5 Å². The van der Waals surface area contributed by atoms with E-state index in [-0.39, 0.29) is 5.41 Å². The first-order valence-electron chi connectivity index (χ1n) is 5.67. The van der Waals surface area contributed by atoms with Crippen LogP contribution in [0.5, 0.6) is 11.5 Å². The van der Waals surface area contributed by atoms with Crippen molar-refractivity contribution in [2.24, 2.45) is 5.41 Å². The summed E-state index contributed by atoms with van der Waals surface area (Å²) in [6.07, 6.45) is 2.76. The summed E-state index contributed by atoms with van der Waals surface area (Å²) in [5.74, 6) is 1.53. The van der Waals surface area contributed by atoms with Crippen LogP contribution in [0.3, 0.4) is 0 Å². The average molecular weight is 294 g/mol. The molecule has 2 aliphatic rings. The fourth-order valence-corrected chi connectivity index (χ4v) is 2.63. The Balaban J connectivity index is 1.94. The van der Waals surface area contributed by atoms with E-state index in [1.54, 1.807) is 0 Å². The molecule has 1 saturated carbocycles. The topological polar surface area (TPSA) is 42.2 Å². The minimum Gasteiger partial charge on any atom is -0.489 e. The van der Waals surface area contributed by atoms with Crippen LogP contribution in [-0.4, -0.2) is 13.2 Å². The molecule has 0 N–H and O–H groups in total. The number of benzene rings is 1. The molecule has 1 aromatic carbocycles. The van der Waals surface area contributed by atoms with Crippen LogP contribution in [0.15, 0.2) is 16.6 Å². The zero-order valence-corrected chi connectivity index (χ0v) is 10.9. The van der Waals surface area contributed by atoms with Gasteiger partial charge in [0.05, 0.1) is 30.2 Å². The van der Waals surface area contributed by atoms with E-state index in [2.05, 4.69) is 22.0 Å². The first-order valence-corrected chi connectivity index (χ1v) is 6.47. The maximum atomic E-state index is 8.73. The fourth-order valence-electron chi connectivity index (χ4n) is 2.03. The Morgan fingerprint density at radius 2 is 2.06 bits per heavy atom. The van der Waals surface area contributed by atoms with Gasteiger partial charge in [0, 0.05) is 5.41 Å². The van der Waals surface area contributed by atoms with Gasteiger partial charge in [-0.25, -0.2) is 0 Å². The molecule has 1 aromatic rings. The summed E-state index contributed by atoms with van der Waals surface area (Å²) in [4.78, 5) is 0. The van der Waals surface area contributed by atoms with E-state index in [4.69, 9.17) is 14.7 Å². The molecule has 0 unspecified atom stereocenters. The minimum atomic E-state index is 0.244. The highest BCUT2D eigenvalue weighted by Crippen LogP contribution is 2.50. The number of nitriles is 1. The van der Waals surface area contributed by atoms with Crippen molar-refractivity contribution in [2.75, 3.05) is 13.2 Å². The Bertz CT molecular complexity index is 503. The highest BCUT2D eigenvalue weighted by atomic mass is 79.9. The summed E-state index contributed by atoms with van der Waals surface area (Å²) in [7, 11) is 0. The molecule has 4 heteroatoms. The van der Waals surface area contributed by atoms with Gasteiger partial charge in [-0.3, -0.25) is 0 Å². The molecule has 0 bridgehead atoms. The summed E-state index contributed by atoms with van der Waals surface area (Å²) < 4.78 is 12.5. The Hall–Kier alpha value is -1.21. The van der Waals surface area contributed by atoms with Crippen molar-refractivity contribution in [3.63, 3.8) is 0 Å². The van der Waals surface area contributed by atoms with E-state index >= 15 is 0 Å². The SMILES string of the molecule is N#CCc1cc(Br)c2c(c1)OCC1(CC1)CO2. The van der Waals surface area contributed by atoms with Gasteiger partial charge in [-0.1, -0.05) is 0 Å². The third-order valence-electron chi connectivity index (χ3n) is 3.37. The summed E-state index contributed by atoms with van der Waals surface area (Å²) >= 11 is 3.48. The molecule has 1 fully saturated rings. The smallest absolute Gasteiger partial charge is 0.175 e. The molecule has 1 heterocycles. The van der Waals surface area contributed by atoms with E-state index in [0.717, 1.165) is 34.7 Å². The van der Waals surface area contributed by atoms with Gasteiger partial charge in [0.1, 0.15) is 0 Å². The molecular formula is C13H12BrNO2. The van der Waals surface area contributed by atoms with Gasteiger partial charge >= 0.3 is 0 Å². The van der Waals surface area contributed by atoms with Crippen molar-refractivity contribution in [1.82, 2.24) is 0 Å². The molecule has 17 heavy (non-hydrogen) atoms. The number of ether oxygens (including phenoxy) is 2. The van der Waals surface area contributed by atoms with E-state index < -0.39 is 0 Å². The predicted octanol–water partition coefficient (Wildman–Crippen LogP) is 3.07. The normalized spacial score (nSPS) is 19.5. The predicted molar refractivity (Wildman–Crippen MR) is 66.1 cm³/mol. The van der Waals surface area contributed by atoms with Crippen molar-refractivity contribution in [3.8, 4) is 17.6 Å². The number of hydrogen-bond donors (Lipinski definition) is 0. The maximum Gasteiger partial charge on any atom is 0.175 e. The van der Waals surface area contributed by atoms with Gasteiger partial charge in [-0.2, -0.15) is 5.26 Å². The van der Waals surface area contributed by atoms with Gasteiger partial charge in [0.2, 0.25) is 0 Å². The molecule has 0 aromatic heterocycles. The second-order valence-corrected chi connectivity index (χ2v) is 5.67. The lowest BCUT2D eigenvalue weighted by Gasteiger charge is -2.10. The molecule has 1 aliphatic heterocycles. The van der Waals surface area contributed by atoms with Gasteiger partial charge in [0.15, 0.2) is 11.5 Å². The van der Waals surface area contributed by atoms with Crippen molar-refractivity contribution in [1.29, 1.82) is 5.26 Å². The number of fused-ring (bicyclic) bond motifs is 1. The first-order chi connectivity index (χ1) is 8.22. The van der Waals surface area contributed by atoms with Crippen molar-refractivity contribution >= 4 is 15.9 Å². The minimum absolute atomic E-state index is 0.244. The van der Waals surface area contributed by atoms with Crippen molar-refractivity contribution in [3.05, 3.63) is 22.2 Å². The lowest BCUT2D eigenvalue weighted by molar-refractivity contribution is 0.196. The average Bonchev–Trinajstić information content (AvgIpc) is 3.08. The van der Waals surface area contributed by atoms with Gasteiger partial charge in [0.25, 0.3) is 0 Å². The lowest BCUT2D eigenvalue weighted by Crippen LogP contribution is -2.17. The summed E-state index contributed by atoms with van der Waals surface area (Å²) in [6.45, 7) is 1.46.